The third-order valence-electron chi connectivity index (χ3n) is 2.84. The maximum Gasteiger partial charge on any atom is 0.262 e. The SMILES string of the molecule is C=CCc1ccccc1OCC(=O)Nc1ccccc1F. The van der Waals surface area contributed by atoms with Crippen molar-refractivity contribution < 1.29 is 13.9 Å². The molecule has 0 radical (unpaired) electrons. The predicted octanol–water partition coefficient (Wildman–Crippen LogP) is 3.57. The molecule has 0 aliphatic heterocycles. The van der Waals surface area contributed by atoms with Crippen LogP contribution in [0, 0.1) is 5.82 Å². The molecule has 0 spiro atoms. The molecule has 0 heterocycles. The van der Waals surface area contributed by atoms with E-state index < -0.39 is 11.7 Å². The van der Waals surface area contributed by atoms with Crippen molar-refractivity contribution in [2.45, 2.75) is 6.42 Å². The smallest absolute Gasteiger partial charge is 0.262 e. The second-order valence-electron chi connectivity index (χ2n) is 4.42. The molecule has 0 aliphatic rings. The van der Waals surface area contributed by atoms with E-state index in [9.17, 15) is 9.18 Å². The van der Waals surface area contributed by atoms with Gasteiger partial charge in [-0.05, 0) is 30.2 Å². The maximum atomic E-state index is 13.4. The van der Waals surface area contributed by atoms with Gasteiger partial charge in [-0.1, -0.05) is 36.4 Å². The van der Waals surface area contributed by atoms with Crippen molar-refractivity contribution in [2.24, 2.45) is 0 Å². The number of hydrogen-bond acceptors (Lipinski definition) is 2. The number of para-hydroxylation sites is 2. The van der Waals surface area contributed by atoms with Gasteiger partial charge in [0.1, 0.15) is 11.6 Å². The summed E-state index contributed by atoms with van der Waals surface area (Å²) in [7, 11) is 0. The summed E-state index contributed by atoms with van der Waals surface area (Å²) in [6.07, 6.45) is 2.42. The Morgan fingerprint density at radius 2 is 1.90 bits per heavy atom. The van der Waals surface area contributed by atoms with Crippen LogP contribution < -0.4 is 10.1 Å². The van der Waals surface area contributed by atoms with Crippen LogP contribution in [0.3, 0.4) is 0 Å². The molecular weight excluding hydrogens is 269 g/mol. The summed E-state index contributed by atoms with van der Waals surface area (Å²) in [6.45, 7) is 3.50. The fraction of sp³-hybridized carbons (Fsp3) is 0.118. The Balaban J connectivity index is 1.95. The number of allylic oxidation sites excluding steroid dienone is 1. The molecule has 2 rings (SSSR count). The summed E-state index contributed by atoms with van der Waals surface area (Å²) in [4.78, 5) is 11.8. The first-order chi connectivity index (χ1) is 10.2. The normalized spacial score (nSPS) is 9.95. The third kappa shape index (κ3) is 4.18. The van der Waals surface area contributed by atoms with Crippen molar-refractivity contribution in [1.82, 2.24) is 0 Å². The monoisotopic (exact) mass is 285 g/mol. The summed E-state index contributed by atoms with van der Waals surface area (Å²) in [5.41, 5.74) is 1.09. The van der Waals surface area contributed by atoms with Crippen LogP contribution in [0.1, 0.15) is 5.56 Å². The van der Waals surface area contributed by atoms with Gasteiger partial charge in [0.15, 0.2) is 6.61 Å². The van der Waals surface area contributed by atoms with Gasteiger partial charge in [0.2, 0.25) is 0 Å². The lowest BCUT2D eigenvalue weighted by Crippen LogP contribution is -2.21. The fourth-order valence-electron chi connectivity index (χ4n) is 1.86. The molecule has 0 saturated heterocycles. The maximum absolute atomic E-state index is 13.4. The van der Waals surface area contributed by atoms with Crippen molar-refractivity contribution in [3.63, 3.8) is 0 Å². The highest BCUT2D eigenvalue weighted by Crippen LogP contribution is 2.19. The molecule has 21 heavy (non-hydrogen) atoms. The molecule has 1 N–H and O–H groups in total. The minimum absolute atomic E-state index is 0.144. The van der Waals surface area contributed by atoms with Crippen LogP contribution >= 0.6 is 0 Å². The molecule has 0 unspecified atom stereocenters. The van der Waals surface area contributed by atoms with E-state index in [-0.39, 0.29) is 12.3 Å². The standard InChI is InChI=1S/C17H16FNO2/c1-2-7-13-8-3-6-11-16(13)21-12-17(20)19-15-10-5-4-9-14(15)18/h2-6,8-11H,1,7,12H2,(H,19,20). The number of nitrogens with one attached hydrogen (secondary N) is 1. The molecule has 0 saturated carbocycles. The zero-order valence-electron chi connectivity index (χ0n) is 11.5. The van der Waals surface area contributed by atoms with E-state index in [1.807, 2.05) is 18.2 Å². The average molecular weight is 285 g/mol. The molecule has 3 nitrogen and oxygen atoms in total. The van der Waals surface area contributed by atoms with Crippen molar-refractivity contribution in [3.8, 4) is 5.75 Å². The zero-order valence-corrected chi connectivity index (χ0v) is 11.5. The number of amides is 1. The summed E-state index contributed by atoms with van der Waals surface area (Å²) >= 11 is 0. The minimum Gasteiger partial charge on any atom is -0.483 e. The molecular formula is C17H16FNO2. The van der Waals surface area contributed by atoms with Crippen LogP contribution in [0.25, 0.3) is 0 Å². The first kappa shape index (κ1) is 14.8. The Labute approximate surface area is 123 Å². The van der Waals surface area contributed by atoms with Gasteiger partial charge in [-0.25, -0.2) is 4.39 Å². The van der Waals surface area contributed by atoms with Crippen LogP contribution in [0.15, 0.2) is 61.2 Å². The van der Waals surface area contributed by atoms with E-state index in [2.05, 4.69) is 11.9 Å². The van der Waals surface area contributed by atoms with Crippen LogP contribution in [0.2, 0.25) is 0 Å². The fourth-order valence-corrected chi connectivity index (χ4v) is 1.86. The lowest BCUT2D eigenvalue weighted by molar-refractivity contribution is -0.118. The molecule has 108 valence electrons. The number of carbonyl (C=O) groups excluding carboxylic acids is 1. The van der Waals surface area contributed by atoms with Crippen LogP contribution in [0.5, 0.6) is 5.75 Å². The summed E-state index contributed by atoms with van der Waals surface area (Å²) < 4.78 is 18.9. The number of anilines is 1. The Bertz CT molecular complexity index is 640. The number of carbonyl (C=O) groups is 1. The van der Waals surface area contributed by atoms with Gasteiger partial charge in [0.25, 0.3) is 5.91 Å². The van der Waals surface area contributed by atoms with E-state index >= 15 is 0 Å². The van der Waals surface area contributed by atoms with Gasteiger partial charge in [0.05, 0.1) is 5.69 Å². The van der Waals surface area contributed by atoms with Crippen LogP contribution in [0.4, 0.5) is 10.1 Å². The number of ether oxygens (including phenoxy) is 1. The minimum atomic E-state index is -0.474. The first-order valence-electron chi connectivity index (χ1n) is 6.56. The number of hydrogen-bond donors (Lipinski definition) is 1. The van der Waals surface area contributed by atoms with Gasteiger partial charge >= 0.3 is 0 Å². The topological polar surface area (TPSA) is 38.3 Å². The molecule has 0 atom stereocenters. The van der Waals surface area contributed by atoms with Crippen molar-refractivity contribution >= 4 is 11.6 Å². The largest absolute Gasteiger partial charge is 0.483 e. The van der Waals surface area contributed by atoms with E-state index in [0.29, 0.717) is 12.2 Å². The number of benzene rings is 2. The third-order valence-corrected chi connectivity index (χ3v) is 2.84. The van der Waals surface area contributed by atoms with Crippen LogP contribution in [-0.4, -0.2) is 12.5 Å². The summed E-state index contributed by atoms with van der Waals surface area (Å²) in [5.74, 6) is -0.257. The Morgan fingerprint density at radius 3 is 2.67 bits per heavy atom. The number of rotatable bonds is 6. The average Bonchev–Trinajstić information content (AvgIpc) is 2.49. The predicted molar refractivity (Wildman–Crippen MR) is 80.9 cm³/mol. The lowest BCUT2D eigenvalue weighted by atomic mass is 10.1. The molecule has 0 aromatic heterocycles. The van der Waals surface area contributed by atoms with Gasteiger partial charge in [-0.2, -0.15) is 0 Å². The van der Waals surface area contributed by atoms with Gasteiger partial charge in [-0.15, -0.1) is 6.58 Å². The van der Waals surface area contributed by atoms with Crippen molar-refractivity contribution in [3.05, 3.63) is 72.6 Å². The Kier molecular flexibility index (Phi) is 5.10. The summed E-state index contributed by atoms with van der Waals surface area (Å²) in [6, 6.07) is 13.4. The van der Waals surface area contributed by atoms with Crippen molar-refractivity contribution in [2.75, 3.05) is 11.9 Å². The van der Waals surface area contributed by atoms with Crippen LogP contribution in [-0.2, 0) is 11.2 Å². The Hall–Kier alpha value is -2.62. The summed E-state index contributed by atoms with van der Waals surface area (Å²) in [5, 5.41) is 2.47. The highest BCUT2D eigenvalue weighted by molar-refractivity contribution is 5.91. The molecule has 2 aromatic carbocycles. The second kappa shape index (κ2) is 7.24. The highest BCUT2D eigenvalue weighted by Gasteiger charge is 2.08. The molecule has 0 bridgehead atoms. The zero-order chi connectivity index (χ0) is 15.1. The first-order valence-corrected chi connectivity index (χ1v) is 6.56. The highest BCUT2D eigenvalue weighted by atomic mass is 19.1. The van der Waals surface area contributed by atoms with E-state index in [1.54, 1.807) is 24.3 Å². The quantitative estimate of drug-likeness (QED) is 0.824. The molecule has 2 aromatic rings. The van der Waals surface area contributed by atoms with E-state index in [1.165, 1.54) is 12.1 Å². The van der Waals surface area contributed by atoms with Gasteiger partial charge < -0.3 is 10.1 Å². The second-order valence-corrected chi connectivity index (χ2v) is 4.42. The van der Waals surface area contributed by atoms with E-state index in [0.717, 1.165) is 5.56 Å². The molecule has 0 fully saturated rings. The molecule has 4 heteroatoms. The van der Waals surface area contributed by atoms with Crippen molar-refractivity contribution in [1.29, 1.82) is 0 Å². The van der Waals surface area contributed by atoms with Gasteiger partial charge in [-0.3, -0.25) is 4.79 Å². The van der Waals surface area contributed by atoms with Gasteiger partial charge in [0, 0.05) is 0 Å². The molecule has 1 amide bonds. The lowest BCUT2D eigenvalue weighted by Gasteiger charge is -2.11. The number of halogens is 1. The molecule has 0 aliphatic carbocycles. The Morgan fingerprint density at radius 1 is 1.19 bits per heavy atom. The van der Waals surface area contributed by atoms with E-state index in [4.69, 9.17) is 4.74 Å².